The molecule has 2 N–H and O–H groups in total. The minimum absolute atomic E-state index is 0.107. The molecule has 140 valence electrons. The number of nitriles is 1. The predicted molar refractivity (Wildman–Crippen MR) is 106 cm³/mol. The van der Waals surface area contributed by atoms with Crippen LogP contribution in [-0.4, -0.2) is 18.9 Å². The zero-order valence-electron chi connectivity index (χ0n) is 15.3. The summed E-state index contributed by atoms with van der Waals surface area (Å²) in [6.07, 6.45) is 1.38. The summed E-state index contributed by atoms with van der Waals surface area (Å²) in [5.41, 5.74) is 1.54. The molecular weight excluding hydrogens is 358 g/mol. The fourth-order valence-corrected chi connectivity index (χ4v) is 2.62. The Labute approximate surface area is 161 Å². The number of hydrogen-bond acceptors (Lipinski definition) is 5. The number of nitrogens with one attached hydrogen (secondary N) is 2. The van der Waals surface area contributed by atoms with E-state index in [1.165, 1.54) is 20.1 Å². The maximum atomic E-state index is 12.4. The number of anilines is 2. The lowest BCUT2D eigenvalue weighted by Gasteiger charge is -2.06. The Bertz CT molecular complexity index is 1100. The van der Waals surface area contributed by atoms with Gasteiger partial charge < -0.3 is 19.8 Å². The van der Waals surface area contributed by atoms with Crippen molar-refractivity contribution >= 4 is 40.2 Å². The first-order valence-corrected chi connectivity index (χ1v) is 8.37. The number of carbonyl (C=O) groups is 2. The summed E-state index contributed by atoms with van der Waals surface area (Å²) in [5.74, 6) is 0.183. The summed E-state index contributed by atoms with van der Waals surface area (Å²) >= 11 is 0. The van der Waals surface area contributed by atoms with Gasteiger partial charge in [0.1, 0.15) is 17.4 Å². The molecule has 0 aliphatic heterocycles. The molecule has 0 aliphatic carbocycles. The monoisotopic (exact) mass is 375 g/mol. The quantitative estimate of drug-likeness (QED) is 0.519. The second-order valence-electron chi connectivity index (χ2n) is 5.91. The molecule has 1 aromatic heterocycles. The topological polar surface area (TPSA) is 104 Å². The van der Waals surface area contributed by atoms with Crippen LogP contribution in [0, 0.1) is 11.3 Å². The van der Waals surface area contributed by atoms with E-state index in [-0.39, 0.29) is 11.5 Å². The van der Waals surface area contributed by atoms with Gasteiger partial charge in [-0.15, -0.1) is 0 Å². The zero-order chi connectivity index (χ0) is 20.1. The van der Waals surface area contributed by atoms with E-state index in [0.29, 0.717) is 28.5 Å². The van der Waals surface area contributed by atoms with E-state index in [9.17, 15) is 14.9 Å². The summed E-state index contributed by atoms with van der Waals surface area (Å²) < 4.78 is 10.9. The van der Waals surface area contributed by atoms with Crippen LogP contribution in [0.25, 0.3) is 17.0 Å². The van der Waals surface area contributed by atoms with Crippen LogP contribution in [0.15, 0.2) is 58.5 Å². The molecule has 0 fully saturated rings. The van der Waals surface area contributed by atoms with Crippen molar-refractivity contribution in [3.63, 3.8) is 0 Å². The van der Waals surface area contributed by atoms with Crippen molar-refractivity contribution in [1.29, 1.82) is 5.26 Å². The smallest absolute Gasteiger partial charge is 0.266 e. The van der Waals surface area contributed by atoms with Gasteiger partial charge in [0.05, 0.1) is 7.11 Å². The van der Waals surface area contributed by atoms with Crippen molar-refractivity contribution in [3.8, 4) is 11.8 Å². The van der Waals surface area contributed by atoms with Gasteiger partial charge in [-0.1, -0.05) is 12.1 Å². The molecule has 0 spiro atoms. The van der Waals surface area contributed by atoms with Gasteiger partial charge in [0.15, 0.2) is 11.3 Å². The number of rotatable bonds is 5. The van der Waals surface area contributed by atoms with Gasteiger partial charge in [-0.25, -0.2) is 0 Å². The van der Waals surface area contributed by atoms with Crippen molar-refractivity contribution in [3.05, 3.63) is 59.9 Å². The Balaban J connectivity index is 1.80. The number of benzene rings is 2. The summed E-state index contributed by atoms with van der Waals surface area (Å²) in [6, 6.07) is 15.6. The molecule has 28 heavy (non-hydrogen) atoms. The van der Waals surface area contributed by atoms with Crippen LogP contribution in [0.3, 0.4) is 0 Å². The summed E-state index contributed by atoms with van der Waals surface area (Å²) in [4.78, 5) is 23.5. The van der Waals surface area contributed by atoms with Crippen LogP contribution in [0.2, 0.25) is 0 Å². The van der Waals surface area contributed by atoms with E-state index in [4.69, 9.17) is 9.15 Å². The number of amides is 2. The van der Waals surface area contributed by atoms with Crippen molar-refractivity contribution in [2.24, 2.45) is 0 Å². The van der Waals surface area contributed by atoms with Crippen molar-refractivity contribution in [1.82, 2.24) is 0 Å². The molecule has 3 aromatic rings. The first kappa shape index (κ1) is 18.7. The molecule has 0 unspecified atom stereocenters. The van der Waals surface area contributed by atoms with E-state index < -0.39 is 5.91 Å². The number of hydrogen-bond donors (Lipinski definition) is 2. The third-order valence-electron chi connectivity index (χ3n) is 3.86. The zero-order valence-corrected chi connectivity index (χ0v) is 15.3. The fourth-order valence-electron chi connectivity index (χ4n) is 2.62. The average Bonchev–Trinajstić information content (AvgIpc) is 3.09. The Morgan fingerprint density at radius 1 is 1.11 bits per heavy atom. The van der Waals surface area contributed by atoms with E-state index in [2.05, 4.69) is 10.6 Å². The summed E-state index contributed by atoms with van der Waals surface area (Å²) in [6.45, 7) is 1.41. The highest BCUT2D eigenvalue weighted by Gasteiger charge is 2.13. The second-order valence-corrected chi connectivity index (χ2v) is 5.91. The highest BCUT2D eigenvalue weighted by Crippen LogP contribution is 2.29. The Morgan fingerprint density at radius 3 is 2.39 bits per heavy atom. The van der Waals surface area contributed by atoms with E-state index in [1.807, 2.05) is 18.2 Å². The number of methoxy groups -OCH3 is 1. The van der Waals surface area contributed by atoms with Crippen LogP contribution in [0.1, 0.15) is 12.7 Å². The normalized spacial score (nSPS) is 11.0. The molecule has 3 rings (SSSR count). The van der Waals surface area contributed by atoms with E-state index in [0.717, 1.165) is 5.39 Å². The van der Waals surface area contributed by atoms with Crippen LogP contribution >= 0.6 is 0 Å². The van der Waals surface area contributed by atoms with Crippen molar-refractivity contribution < 1.29 is 18.7 Å². The first-order valence-electron chi connectivity index (χ1n) is 8.37. The number of fused-ring (bicyclic) bond motifs is 1. The number of nitrogens with zero attached hydrogens (tertiary/aromatic N) is 1. The molecule has 0 radical (unpaired) electrons. The number of carbonyl (C=O) groups excluding carboxylic acids is 2. The Kier molecular flexibility index (Phi) is 5.42. The first-order chi connectivity index (χ1) is 13.5. The maximum Gasteiger partial charge on any atom is 0.266 e. The lowest BCUT2D eigenvalue weighted by Crippen LogP contribution is -2.13. The molecule has 0 bridgehead atoms. The number of ether oxygens (including phenoxy) is 1. The molecule has 1 heterocycles. The summed E-state index contributed by atoms with van der Waals surface area (Å²) in [7, 11) is 1.54. The molecule has 2 amide bonds. The molecule has 0 saturated heterocycles. The summed E-state index contributed by atoms with van der Waals surface area (Å²) in [5, 5.41) is 15.4. The van der Waals surface area contributed by atoms with Gasteiger partial charge in [0.2, 0.25) is 5.91 Å². The molecule has 7 heteroatoms. The molecule has 0 aliphatic rings. The van der Waals surface area contributed by atoms with Crippen LogP contribution in [0.4, 0.5) is 11.4 Å². The third-order valence-corrected chi connectivity index (χ3v) is 3.86. The van der Waals surface area contributed by atoms with Gasteiger partial charge in [-0.05, 0) is 36.4 Å². The standard InChI is InChI=1S/C21H17N3O4/c1-13(25)23-16-6-8-17(9-7-16)24-21(26)15(12-22)11-18-10-14-4-3-5-19(27-2)20(14)28-18/h3-11H,1-2H3,(H,23,25)(H,24,26)/b15-11+. The van der Waals surface area contributed by atoms with Gasteiger partial charge in [-0.3, -0.25) is 9.59 Å². The van der Waals surface area contributed by atoms with E-state index in [1.54, 1.807) is 36.4 Å². The lowest BCUT2D eigenvalue weighted by atomic mass is 10.2. The lowest BCUT2D eigenvalue weighted by molar-refractivity contribution is -0.114. The van der Waals surface area contributed by atoms with Gasteiger partial charge in [-0.2, -0.15) is 5.26 Å². The Morgan fingerprint density at radius 2 is 1.79 bits per heavy atom. The molecule has 0 atom stereocenters. The SMILES string of the molecule is COc1cccc2cc(/C=C(\C#N)C(=O)Nc3ccc(NC(C)=O)cc3)oc12. The largest absolute Gasteiger partial charge is 0.493 e. The average molecular weight is 375 g/mol. The molecule has 0 saturated carbocycles. The van der Waals surface area contributed by atoms with Gasteiger partial charge in [0, 0.05) is 29.8 Å². The van der Waals surface area contributed by atoms with Gasteiger partial charge >= 0.3 is 0 Å². The van der Waals surface area contributed by atoms with Gasteiger partial charge in [0.25, 0.3) is 5.91 Å². The van der Waals surface area contributed by atoms with Crippen LogP contribution in [0.5, 0.6) is 5.75 Å². The minimum atomic E-state index is -0.567. The number of para-hydroxylation sites is 1. The molecule has 2 aromatic carbocycles. The highest BCUT2D eigenvalue weighted by atomic mass is 16.5. The maximum absolute atomic E-state index is 12.4. The Hall–Kier alpha value is -4.05. The number of furan rings is 1. The minimum Gasteiger partial charge on any atom is -0.493 e. The fraction of sp³-hybridized carbons (Fsp3) is 0.0952. The van der Waals surface area contributed by atoms with E-state index >= 15 is 0 Å². The third kappa shape index (κ3) is 4.19. The molecule has 7 nitrogen and oxygen atoms in total. The molecular formula is C21H17N3O4. The second kappa shape index (κ2) is 8.10. The predicted octanol–water partition coefficient (Wildman–Crippen LogP) is 3.95. The van der Waals surface area contributed by atoms with Crippen molar-refractivity contribution in [2.75, 3.05) is 17.7 Å². The highest BCUT2D eigenvalue weighted by molar-refractivity contribution is 6.09. The van der Waals surface area contributed by atoms with Crippen LogP contribution in [-0.2, 0) is 9.59 Å². The van der Waals surface area contributed by atoms with Crippen molar-refractivity contribution in [2.45, 2.75) is 6.92 Å². The van der Waals surface area contributed by atoms with Crippen LogP contribution < -0.4 is 15.4 Å².